The van der Waals surface area contributed by atoms with E-state index in [1.165, 1.54) is 0 Å². The molecule has 0 saturated carbocycles. The molecule has 1 aromatic heterocycles. The fraction of sp³-hybridized carbons (Fsp3) is 0.250. The first kappa shape index (κ1) is 11.1. The van der Waals surface area contributed by atoms with E-state index in [0.29, 0.717) is 0 Å². The SMILES string of the molecule is Clc1ccc(-c2nc3n(c2Br)CCCN3)cc1. The van der Waals surface area contributed by atoms with E-state index in [9.17, 15) is 0 Å². The monoisotopic (exact) mass is 311 g/mol. The molecule has 0 bridgehead atoms. The topological polar surface area (TPSA) is 29.9 Å². The lowest BCUT2D eigenvalue weighted by Crippen LogP contribution is -2.17. The van der Waals surface area contributed by atoms with Gasteiger partial charge in [0.05, 0.1) is 0 Å². The Morgan fingerprint density at radius 3 is 2.76 bits per heavy atom. The number of benzene rings is 1. The van der Waals surface area contributed by atoms with Crippen molar-refractivity contribution in [3.63, 3.8) is 0 Å². The first-order chi connectivity index (χ1) is 8.25. The maximum atomic E-state index is 5.89. The molecular formula is C12H11BrClN3. The lowest BCUT2D eigenvalue weighted by atomic mass is 10.2. The Kier molecular flexibility index (Phi) is 2.84. The minimum atomic E-state index is 0.743. The summed E-state index contributed by atoms with van der Waals surface area (Å²) in [5, 5.41) is 4.04. The van der Waals surface area contributed by atoms with Crippen LogP contribution in [-0.2, 0) is 6.54 Å². The molecule has 1 N–H and O–H groups in total. The molecule has 2 heterocycles. The second kappa shape index (κ2) is 4.35. The molecule has 1 aliphatic rings. The van der Waals surface area contributed by atoms with Gasteiger partial charge < -0.3 is 9.88 Å². The van der Waals surface area contributed by atoms with Crippen LogP contribution in [0, 0.1) is 0 Å². The fourth-order valence-electron chi connectivity index (χ4n) is 2.00. The highest BCUT2D eigenvalue weighted by Gasteiger charge is 2.18. The van der Waals surface area contributed by atoms with E-state index in [2.05, 4.69) is 30.8 Å². The molecule has 2 aromatic rings. The summed E-state index contributed by atoms with van der Waals surface area (Å²) in [4.78, 5) is 4.61. The number of imidazole rings is 1. The number of anilines is 1. The van der Waals surface area contributed by atoms with Crippen molar-refractivity contribution >= 4 is 33.5 Å². The molecule has 88 valence electrons. The second-order valence-corrected chi connectivity index (χ2v) is 5.20. The molecule has 0 unspecified atom stereocenters. The summed E-state index contributed by atoms with van der Waals surface area (Å²) in [6.07, 6.45) is 1.13. The van der Waals surface area contributed by atoms with Crippen LogP contribution in [0.1, 0.15) is 6.42 Å². The predicted molar refractivity (Wildman–Crippen MR) is 73.5 cm³/mol. The summed E-state index contributed by atoms with van der Waals surface area (Å²) in [5.74, 6) is 0.938. The molecule has 1 aromatic carbocycles. The van der Waals surface area contributed by atoms with Crippen LogP contribution in [0.25, 0.3) is 11.3 Å². The van der Waals surface area contributed by atoms with Crippen LogP contribution in [0.3, 0.4) is 0 Å². The second-order valence-electron chi connectivity index (χ2n) is 4.01. The van der Waals surface area contributed by atoms with Gasteiger partial charge in [0, 0.05) is 23.7 Å². The zero-order valence-electron chi connectivity index (χ0n) is 9.08. The normalized spacial score (nSPS) is 14.2. The Balaban J connectivity index is 2.09. The Morgan fingerprint density at radius 1 is 1.29 bits per heavy atom. The smallest absolute Gasteiger partial charge is 0.204 e. The molecule has 0 amide bonds. The fourth-order valence-corrected chi connectivity index (χ4v) is 2.79. The summed E-state index contributed by atoms with van der Waals surface area (Å²) in [6.45, 7) is 1.99. The van der Waals surface area contributed by atoms with Gasteiger partial charge in [-0.2, -0.15) is 0 Å². The molecule has 0 atom stereocenters. The molecular weight excluding hydrogens is 302 g/mol. The third kappa shape index (κ3) is 1.96. The van der Waals surface area contributed by atoms with Crippen LogP contribution in [0.5, 0.6) is 0 Å². The van der Waals surface area contributed by atoms with Gasteiger partial charge in [-0.1, -0.05) is 23.7 Å². The van der Waals surface area contributed by atoms with E-state index in [0.717, 1.165) is 46.3 Å². The molecule has 0 fully saturated rings. The van der Waals surface area contributed by atoms with Crippen LogP contribution >= 0.6 is 27.5 Å². The third-order valence-corrected chi connectivity index (χ3v) is 3.92. The van der Waals surface area contributed by atoms with Gasteiger partial charge in [-0.25, -0.2) is 4.98 Å². The first-order valence-corrected chi connectivity index (χ1v) is 6.68. The van der Waals surface area contributed by atoms with Crippen molar-refractivity contribution in [2.45, 2.75) is 13.0 Å². The van der Waals surface area contributed by atoms with Crippen molar-refractivity contribution in [2.24, 2.45) is 0 Å². The lowest BCUT2D eigenvalue weighted by Gasteiger charge is -2.15. The number of nitrogens with zero attached hydrogens (tertiary/aromatic N) is 2. The summed E-state index contributed by atoms with van der Waals surface area (Å²) >= 11 is 9.51. The van der Waals surface area contributed by atoms with Crippen molar-refractivity contribution < 1.29 is 0 Å². The molecule has 3 rings (SSSR count). The highest BCUT2D eigenvalue weighted by Crippen LogP contribution is 2.32. The number of fused-ring (bicyclic) bond motifs is 1. The van der Waals surface area contributed by atoms with Crippen LogP contribution in [0.2, 0.25) is 5.02 Å². The number of hydrogen-bond acceptors (Lipinski definition) is 2. The van der Waals surface area contributed by atoms with E-state index >= 15 is 0 Å². The van der Waals surface area contributed by atoms with E-state index in [-0.39, 0.29) is 0 Å². The van der Waals surface area contributed by atoms with E-state index in [4.69, 9.17) is 11.6 Å². The van der Waals surface area contributed by atoms with Crippen molar-refractivity contribution in [1.82, 2.24) is 9.55 Å². The van der Waals surface area contributed by atoms with Gasteiger partial charge in [-0.3, -0.25) is 0 Å². The minimum Gasteiger partial charge on any atom is -0.356 e. The molecule has 17 heavy (non-hydrogen) atoms. The van der Waals surface area contributed by atoms with Crippen molar-refractivity contribution in [3.05, 3.63) is 33.9 Å². The van der Waals surface area contributed by atoms with Crippen molar-refractivity contribution in [3.8, 4) is 11.3 Å². The standard InChI is InChI=1S/C12H11BrClN3/c13-11-10(8-2-4-9(14)5-3-8)16-12-15-6-1-7-17(11)12/h2-5H,1,6-7H2,(H,15,16). The average Bonchev–Trinajstić information content (AvgIpc) is 2.69. The van der Waals surface area contributed by atoms with E-state index in [1.54, 1.807) is 0 Å². The lowest BCUT2D eigenvalue weighted by molar-refractivity contribution is 0.618. The molecule has 1 aliphatic heterocycles. The Bertz CT molecular complexity index is 548. The molecule has 0 aliphatic carbocycles. The maximum Gasteiger partial charge on any atom is 0.204 e. The zero-order valence-corrected chi connectivity index (χ0v) is 11.4. The number of rotatable bonds is 1. The Labute approximate surface area is 113 Å². The van der Waals surface area contributed by atoms with Crippen LogP contribution in [0.15, 0.2) is 28.9 Å². The molecule has 3 nitrogen and oxygen atoms in total. The Morgan fingerprint density at radius 2 is 2.06 bits per heavy atom. The first-order valence-electron chi connectivity index (χ1n) is 5.51. The van der Waals surface area contributed by atoms with E-state index < -0.39 is 0 Å². The minimum absolute atomic E-state index is 0.743. The quantitative estimate of drug-likeness (QED) is 0.868. The summed E-state index contributed by atoms with van der Waals surface area (Å²) in [7, 11) is 0. The van der Waals surface area contributed by atoms with E-state index in [1.807, 2.05) is 24.3 Å². The van der Waals surface area contributed by atoms with Crippen molar-refractivity contribution in [2.75, 3.05) is 11.9 Å². The largest absolute Gasteiger partial charge is 0.356 e. The van der Waals surface area contributed by atoms with Gasteiger partial charge in [-0.05, 0) is 34.5 Å². The van der Waals surface area contributed by atoms with Crippen molar-refractivity contribution in [1.29, 1.82) is 0 Å². The Hall–Kier alpha value is -1.00. The third-order valence-electron chi connectivity index (χ3n) is 2.87. The van der Waals surface area contributed by atoms with Gasteiger partial charge in [0.15, 0.2) is 0 Å². The number of nitrogens with one attached hydrogen (secondary N) is 1. The number of hydrogen-bond donors (Lipinski definition) is 1. The van der Waals surface area contributed by atoms with Gasteiger partial charge >= 0.3 is 0 Å². The summed E-state index contributed by atoms with van der Waals surface area (Å²) < 4.78 is 3.19. The summed E-state index contributed by atoms with van der Waals surface area (Å²) in [5.41, 5.74) is 2.04. The van der Waals surface area contributed by atoms with Crippen LogP contribution in [-0.4, -0.2) is 16.1 Å². The van der Waals surface area contributed by atoms with Gasteiger partial charge in [-0.15, -0.1) is 0 Å². The van der Waals surface area contributed by atoms with Gasteiger partial charge in [0.25, 0.3) is 0 Å². The average molecular weight is 313 g/mol. The molecule has 0 spiro atoms. The molecule has 0 saturated heterocycles. The highest BCUT2D eigenvalue weighted by molar-refractivity contribution is 9.10. The van der Waals surface area contributed by atoms with Crippen LogP contribution in [0.4, 0.5) is 5.95 Å². The molecule has 5 heteroatoms. The highest BCUT2D eigenvalue weighted by atomic mass is 79.9. The van der Waals surface area contributed by atoms with Crippen LogP contribution < -0.4 is 5.32 Å². The molecule has 0 radical (unpaired) electrons. The predicted octanol–water partition coefficient (Wildman–Crippen LogP) is 3.78. The van der Waals surface area contributed by atoms with Gasteiger partial charge in [0.2, 0.25) is 5.95 Å². The maximum absolute atomic E-state index is 5.89. The number of aromatic nitrogens is 2. The van der Waals surface area contributed by atoms with Gasteiger partial charge in [0.1, 0.15) is 10.3 Å². The summed E-state index contributed by atoms with van der Waals surface area (Å²) in [6, 6.07) is 7.74. The number of halogens is 2. The zero-order chi connectivity index (χ0) is 11.8.